The van der Waals surface area contributed by atoms with Crippen molar-refractivity contribution in [1.29, 1.82) is 0 Å². The monoisotopic (exact) mass is 195 g/mol. The molecule has 0 saturated carbocycles. The highest BCUT2D eigenvalue weighted by atomic mass is 16.6. The number of aliphatic hydroxyl groups is 1. The van der Waals surface area contributed by atoms with Gasteiger partial charge < -0.3 is 10.0 Å². The molecule has 1 aromatic heterocycles. The third kappa shape index (κ3) is 1.39. The SMILES string of the molecule is O=[N+]([O-])c1cnccc1N1CC(O)C1. The molecule has 6 nitrogen and oxygen atoms in total. The molecule has 0 bridgehead atoms. The second-order valence-corrected chi connectivity index (χ2v) is 3.18. The molecule has 1 fully saturated rings. The molecule has 0 radical (unpaired) electrons. The number of hydrogen-bond acceptors (Lipinski definition) is 5. The van der Waals surface area contributed by atoms with Gasteiger partial charge in [-0.2, -0.15) is 0 Å². The zero-order valence-electron chi connectivity index (χ0n) is 7.33. The van der Waals surface area contributed by atoms with E-state index in [1.807, 2.05) is 0 Å². The van der Waals surface area contributed by atoms with E-state index in [-0.39, 0.29) is 11.8 Å². The van der Waals surface area contributed by atoms with Crippen LogP contribution in [-0.4, -0.2) is 34.2 Å². The van der Waals surface area contributed by atoms with Crippen molar-refractivity contribution >= 4 is 11.4 Å². The fourth-order valence-corrected chi connectivity index (χ4v) is 1.44. The minimum absolute atomic E-state index is 0.0144. The van der Waals surface area contributed by atoms with Crippen LogP contribution < -0.4 is 4.90 Å². The smallest absolute Gasteiger partial charge is 0.310 e. The van der Waals surface area contributed by atoms with Crippen LogP contribution in [0.2, 0.25) is 0 Å². The second kappa shape index (κ2) is 3.22. The molecule has 2 rings (SSSR count). The summed E-state index contributed by atoms with van der Waals surface area (Å²) < 4.78 is 0. The molecule has 6 heteroatoms. The van der Waals surface area contributed by atoms with E-state index in [4.69, 9.17) is 5.11 Å². The standard InChI is InChI=1S/C8H9N3O3/c12-6-4-10(5-6)7-1-2-9-3-8(7)11(13)14/h1-3,6,12H,4-5H2. The fourth-order valence-electron chi connectivity index (χ4n) is 1.44. The number of aromatic nitrogens is 1. The number of β-amino-alcohol motifs (C(OH)–C–C–N with tert-alkyl or cyclic N) is 1. The summed E-state index contributed by atoms with van der Waals surface area (Å²) in [5.41, 5.74) is 0.509. The Kier molecular flexibility index (Phi) is 2.05. The van der Waals surface area contributed by atoms with Gasteiger partial charge in [-0.15, -0.1) is 0 Å². The highest BCUT2D eigenvalue weighted by Crippen LogP contribution is 2.29. The normalized spacial score (nSPS) is 16.5. The van der Waals surface area contributed by atoms with E-state index in [9.17, 15) is 10.1 Å². The van der Waals surface area contributed by atoms with Crippen LogP contribution in [0.5, 0.6) is 0 Å². The van der Waals surface area contributed by atoms with Crippen LogP contribution in [-0.2, 0) is 0 Å². The van der Waals surface area contributed by atoms with Crippen molar-refractivity contribution in [1.82, 2.24) is 4.98 Å². The number of hydrogen-bond donors (Lipinski definition) is 1. The number of anilines is 1. The Morgan fingerprint density at radius 1 is 1.64 bits per heavy atom. The Balaban J connectivity index is 2.28. The Labute approximate surface area is 79.9 Å². The molecule has 1 aliphatic rings. The summed E-state index contributed by atoms with van der Waals surface area (Å²) in [5.74, 6) is 0. The topological polar surface area (TPSA) is 79.5 Å². The van der Waals surface area contributed by atoms with Gasteiger partial charge in [0.25, 0.3) is 0 Å². The Morgan fingerprint density at radius 3 is 2.93 bits per heavy atom. The average Bonchev–Trinajstić information content (AvgIpc) is 2.13. The van der Waals surface area contributed by atoms with Crippen molar-refractivity contribution in [2.75, 3.05) is 18.0 Å². The minimum Gasteiger partial charge on any atom is -0.389 e. The van der Waals surface area contributed by atoms with E-state index < -0.39 is 4.92 Å². The lowest BCUT2D eigenvalue weighted by atomic mass is 10.1. The number of nitrogens with zero attached hydrogens (tertiary/aromatic N) is 3. The molecule has 1 saturated heterocycles. The van der Waals surface area contributed by atoms with Crippen molar-refractivity contribution < 1.29 is 10.0 Å². The Morgan fingerprint density at radius 2 is 2.36 bits per heavy atom. The van der Waals surface area contributed by atoms with Crippen LogP contribution in [0.15, 0.2) is 18.5 Å². The molecule has 0 amide bonds. The first-order valence-corrected chi connectivity index (χ1v) is 4.20. The van der Waals surface area contributed by atoms with Crippen LogP contribution >= 0.6 is 0 Å². The average molecular weight is 195 g/mol. The van der Waals surface area contributed by atoms with Crippen LogP contribution in [0.1, 0.15) is 0 Å². The summed E-state index contributed by atoms with van der Waals surface area (Å²) in [4.78, 5) is 15.6. The summed E-state index contributed by atoms with van der Waals surface area (Å²) >= 11 is 0. The van der Waals surface area contributed by atoms with E-state index in [2.05, 4.69) is 4.98 Å². The van der Waals surface area contributed by atoms with Crippen LogP contribution in [0.4, 0.5) is 11.4 Å². The van der Waals surface area contributed by atoms with Crippen molar-refractivity contribution in [2.24, 2.45) is 0 Å². The van der Waals surface area contributed by atoms with Crippen LogP contribution in [0, 0.1) is 10.1 Å². The summed E-state index contributed by atoms with van der Waals surface area (Å²) in [6.07, 6.45) is 2.36. The third-order valence-corrected chi connectivity index (χ3v) is 2.18. The van der Waals surface area contributed by atoms with Gasteiger partial charge in [0, 0.05) is 19.3 Å². The fraction of sp³-hybridized carbons (Fsp3) is 0.375. The van der Waals surface area contributed by atoms with Gasteiger partial charge in [-0.3, -0.25) is 15.1 Å². The highest BCUT2D eigenvalue weighted by Gasteiger charge is 2.29. The summed E-state index contributed by atoms with van der Waals surface area (Å²) in [6, 6.07) is 1.59. The molecule has 14 heavy (non-hydrogen) atoms. The molecule has 74 valence electrons. The molecule has 0 unspecified atom stereocenters. The van der Waals surface area contributed by atoms with Gasteiger partial charge in [-0.25, -0.2) is 0 Å². The lowest BCUT2D eigenvalue weighted by Gasteiger charge is -2.37. The van der Waals surface area contributed by atoms with Gasteiger partial charge >= 0.3 is 5.69 Å². The maximum absolute atomic E-state index is 10.6. The Bertz CT molecular complexity index is 363. The number of aliphatic hydroxyl groups excluding tert-OH is 1. The van der Waals surface area contributed by atoms with Crippen molar-refractivity contribution in [3.63, 3.8) is 0 Å². The van der Waals surface area contributed by atoms with Crippen LogP contribution in [0.3, 0.4) is 0 Å². The molecule has 2 heterocycles. The maximum Gasteiger partial charge on any atom is 0.310 e. The minimum atomic E-state index is -0.465. The maximum atomic E-state index is 10.6. The summed E-state index contributed by atoms with van der Waals surface area (Å²) in [7, 11) is 0. The predicted molar refractivity (Wildman–Crippen MR) is 49.1 cm³/mol. The second-order valence-electron chi connectivity index (χ2n) is 3.18. The summed E-state index contributed by atoms with van der Waals surface area (Å²) in [5, 5.41) is 19.7. The highest BCUT2D eigenvalue weighted by molar-refractivity contribution is 5.63. The zero-order valence-corrected chi connectivity index (χ0v) is 7.33. The van der Waals surface area contributed by atoms with E-state index >= 15 is 0 Å². The van der Waals surface area contributed by atoms with Crippen molar-refractivity contribution in [2.45, 2.75) is 6.10 Å². The molecule has 0 spiro atoms. The first-order chi connectivity index (χ1) is 6.68. The number of rotatable bonds is 2. The quantitative estimate of drug-likeness (QED) is 0.537. The van der Waals surface area contributed by atoms with Gasteiger partial charge in [0.15, 0.2) is 0 Å². The van der Waals surface area contributed by atoms with E-state index in [1.54, 1.807) is 11.0 Å². The number of nitro groups is 1. The molecule has 0 aromatic carbocycles. The van der Waals surface area contributed by atoms with Crippen molar-refractivity contribution in [3.05, 3.63) is 28.6 Å². The molecule has 0 aliphatic carbocycles. The molecular formula is C8H9N3O3. The zero-order chi connectivity index (χ0) is 10.1. The first-order valence-electron chi connectivity index (χ1n) is 4.20. The Hall–Kier alpha value is -1.69. The lowest BCUT2D eigenvalue weighted by molar-refractivity contribution is -0.384. The number of pyridine rings is 1. The third-order valence-electron chi connectivity index (χ3n) is 2.18. The lowest BCUT2D eigenvalue weighted by Crippen LogP contribution is -2.51. The van der Waals surface area contributed by atoms with Gasteiger partial charge in [0.2, 0.25) is 0 Å². The molecule has 1 N–H and O–H groups in total. The summed E-state index contributed by atoms with van der Waals surface area (Å²) in [6.45, 7) is 0.899. The molecule has 0 atom stereocenters. The van der Waals surface area contributed by atoms with E-state index in [1.165, 1.54) is 12.4 Å². The molecular weight excluding hydrogens is 186 g/mol. The molecule has 1 aromatic rings. The molecule has 1 aliphatic heterocycles. The predicted octanol–water partition coefficient (Wildman–Crippen LogP) is 0.171. The van der Waals surface area contributed by atoms with E-state index in [0.717, 1.165) is 0 Å². The largest absolute Gasteiger partial charge is 0.389 e. The first kappa shape index (κ1) is 8.89. The van der Waals surface area contributed by atoms with E-state index in [0.29, 0.717) is 18.8 Å². The van der Waals surface area contributed by atoms with Gasteiger partial charge in [0.1, 0.15) is 11.9 Å². The van der Waals surface area contributed by atoms with Crippen LogP contribution in [0.25, 0.3) is 0 Å². The van der Waals surface area contributed by atoms with Gasteiger partial charge in [-0.1, -0.05) is 0 Å². The van der Waals surface area contributed by atoms with Gasteiger partial charge in [-0.05, 0) is 6.07 Å². The van der Waals surface area contributed by atoms with Crippen molar-refractivity contribution in [3.8, 4) is 0 Å². The van der Waals surface area contributed by atoms with Gasteiger partial charge in [0.05, 0.1) is 11.0 Å².